The van der Waals surface area contributed by atoms with Crippen molar-refractivity contribution in [1.82, 2.24) is 9.97 Å². The summed E-state index contributed by atoms with van der Waals surface area (Å²) < 4.78 is 5.22. The van der Waals surface area contributed by atoms with Gasteiger partial charge in [-0.05, 0) is 6.42 Å². The Morgan fingerprint density at radius 3 is 2.36 bits per heavy atom. The summed E-state index contributed by atoms with van der Waals surface area (Å²) in [4.78, 5) is 8.45. The quantitative estimate of drug-likeness (QED) is 0.724. The Bertz CT molecular complexity index is 316. The van der Waals surface area contributed by atoms with Gasteiger partial charge in [-0.15, -0.1) is 0 Å². The molecule has 0 bridgehead atoms. The van der Waals surface area contributed by atoms with Gasteiger partial charge in [-0.1, -0.05) is 27.7 Å². The van der Waals surface area contributed by atoms with Gasteiger partial charge in [-0.3, -0.25) is 0 Å². The maximum atomic E-state index is 5.22. The van der Waals surface area contributed by atoms with E-state index in [2.05, 4.69) is 37.7 Å². The van der Waals surface area contributed by atoms with Crippen molar-refractivity contribution in [3.05, 3.63) is 17.6 Å². The van der Waals surface area contributed by atoms with E-state index in [-0.39, 0.29) is 5.41 Å². The van der Waals surface area contributed by atoms with E-state index in [1.807, 2.05) is 0 Å². The van der Waals surface area contributed by atoms with Crippen LogP contribution in [-0.2, 0) is 11.8 Å². The van der Waals surface area contributed by atoms with E-state index in [0.29, 0.717) is 5.88 Å². The van der Waals surface area contributed by atoms with Crippen LogP contribution >= 0.6 is 0 Å². The predicted octanol–water partition coefficient (Wildman–Crippen LogP) is 2.35. The van der Waals surface area contributed by atoms with Crippen molar-refractivity contribution in [2.75, 3.05) is 7.11 Å². The second kappa shape index (κ2) is 3.95. The molecule has 0 spiro atoms. The Morgan fingerprint density at radius 1 is 1.29 bits per heavy atom. The first-order valence-corrected chi connectivity index (χ1v) is 4.89. The molecule has 0 radical (unpaired) electrons. The van der Waals surface area contributed by atoms with Gasteiger partial charge in [0.25, 0.3) is 0 Å². The fraction of sp³-hybridized carbons (Fsp3) is 0.636. The molecule has 1 aromatic heterocycles. The van der Waals surface area contributed by atoms with Crippen LogP contribution in [0.2, 0.25) is 0 Å². The highest BCUT2D eigenvalue weighted by Gasteiger charge is 2.21. The van der Waals surface area contributed by atoms with Gasteiger partial charge in [0.15, 0.2) is 0 Å². The molecule has 0 aliphatic rings. The summed E-state index contributed by atoms with van der Waals surface area (Å²) in [6.45, 7) is 8.53. The molecule has 3 nitrogen and oxygen atoms in total. The van der Waals surface area contributed by atoms with Gasteiger partial charge >= 0.3 is 0 Å². The Hall–Kier alpha value is -1.12. The molecule has 0 aliphatic carbocycles. The summed E-state index contributed by atoms with van der Waals surface area (Å²) in [7, 11) is 1.65. The van der Waals surface area contributed by atoms with Crippen LogP contribution in [0.1, 0.15) is 39.0 Å². The monoisotopic (exact) mass is 194 g/mol. The minimum Gasteiger partial charge on any atom is -0.481 e. The van der Waals surface area contributed by atoms with Crippen LogP contribution in [0.3, 0.4) is 0 Å². The first-order chi connectivity index (χ1) is 6.50. The van der Waals surface area contributed by atoms with Crippen LogP contribution in [0.5, 0.6) is 5.88 Å². The zero-order valence-corrected chi connectivity index (χ0v) is 9.59. The molecule has 0 amide bonds. The van der Waals surface area contributed by atoms with Gasteiger partial charge in [-0.25, -0.2) is 9.97 Å². The maximum Gasteiger partial charge on any atom is 0.219 e. The Labute approximate surface area is 85.5 Å². The molecule has 0 aliphatic heterocycles. The van der Waals surface area contributed by atoms with Crippen LogP contribution in [0.4, 0.5) is 0 Å². The average Bonchev–Trinajstić information content (AvgIpc) is 2.15. The van der Waals surface area contributed by atoms with Crippen molar-refractivity contribution in [1.29, 1.82) is 0 Å². The molecule has 0 atom stereocenters. The summed E-state index contributed by atoms with van der Waals surface area (Å²) in [6.07, 6.45) is 2.47. The van der Waals surface area contributed by atoms with E-state index in [0.717, 1.165) is 17.7 Å². The number of hydrogen-bond acceptors (Lipinski definition) is 3. The normalized spacial score (nSPS) is 11.5. The predicted molar refractivity (Wildman–Crippen MR) is 56.7 cm³/mol. The lowest BCUT2D eigenvalue weighted by molar-refractivity contribution is 0.387. The highest BCUT2D eigenvalue weighted by molar-refractivity contribution is 5.33. The lowest BCUT2D eigenvalue weighted by Gasteiger charge is -2.21. The summed E-state index contributed by atoms with van der Waals surface area (Å²) in [5.74, 6) is 0.701. The summed E-state index contributed by atoms with van der Waals surface area (Å²) in [5, 5.41) is 0. The minimum atomic E-state index is 0.0432. The third-order valence-corrected chi connectivity index (χ3v) is 2.16. The van der Waals surface area contributed by atoms with E-state index < -0.39 is 0 Å². The molecule has 14 heavy (non-hydrogen) atoms. The maximum absolute atomic E-state index is 5.22. The van der Waals surface area contributed by atoms with E-state index >= 15 is 0 Å². The molecular formula is C11H18N2O. The standard InChI is InChI=1S/C11H18N2O/c1-6-8-9(11(2,3)4)12-7-13-10(8)14-5/h7H,6H2,1-5H3. The smallest absolute Gasteiger partial charge is 0.219 e. The van der Waals surface area contributed by atoms with E-state index in [4.69, 9.17) is 4.74 Å². The first kappa shape index (κ1) is 11.0. The van der Waals surface area contributed by atoms with Gasteiger partial charge in [0, 0.05) is 11.0 Å². The van der Waals surface area contributed by atoms with Crippen LogP contribution < -0.4 is 4.74 Å². The van der Waals surface area contributed by atoms with Gasteiger partial charge in [0.05, 0.1) is 12.8 Å². The Kier molecular flexibility index (Phi) is 3.09. The van der Waals surface area contributed by atoms with Crippen LogP contribution in [0.15, 0.2) is 6.33 Å². The molecule has 1 rings (SSSR count). The van der Waals surface area contributed by atoms with Gasteiger partial charge in [0.2, 0.25) is 5.88 Å². The van der Waals surface area contributed by atoms with Crippen LogP contribution in [0, 0.1) is 0 Å². The Morgan fingerprint density at radius 2 is 1.93 bits per heavy atom. The zero-order chi connectivity index (χ0) is 10.8. The van der Waals surface area contributed by atoms with Gasteiger partial charge < -0.3 is 4.74 Å². The number of ether oxygens (including phenoxy) is 1. The van der Waals surface area contributed by atoms with E-state index in [1.165, 1.54) is 0 Å². The molecule has 3 heteroatoms. The number of hydrogen-bond donors (Lipinski definition) is 0. The van der Waals surface area contributed by atoms with Crippen molar-refractivity contribution < 1.29 is 4.74 Å². The molecule has 0 aromatic carbocycles. The molecule has 0 fully saturated rings. The first-order valence-electron chi connectivity index (χ1n) is 4.89. The summed E-state index contributed by atoms with van der Waals surface area (Å²) >= 11 is 0. The number of rotatable bonds is 2. The van der Waals surface area contributed by atoms with E-state index in [9.17, 15) is 0 Å². The number of methoxy groups -OCH3 is 1. The fourth-order valence-electron chi connectivity index (χ4n) is 1.54. The van der Waals surface area contributed by atoms with Crippen LogP contribution in [-0.4, -0.2) is 17.1 Å². The minimum absolute atomic E-state index is 0.0432. The number of nitrogens with zero attached hydrogens (tertiary/aromatic N) is 2. The van der Waals surface area contributed by atoms with Gasteiger partial charge in [0.1, 0.15) is 6.33 Å². The fourth-order valence-corrected chi connectivity index (χ4v) is 1.54. The largest absolute Gasteiger partial charge is 0.481 e. The second-order valence-electron chi connectivity index (χ2n) is 4.31. The highest BCUT2D eigenvalue weighted by atomic mass is 16.5. The summed E-state index contributed by atoms with van der Waals surface area (Å²) in [6, 6.07) is 0. The molecular weight excluding hydrogens is 176 g/mol. The lowest BCUT2D eigenvalue weighted by atomic mass is 9.88. The second-order valence-corrected chi connectivity index (χ2v) is 4.31. The molecule has 78 valence electrons. The highest BCUT2D eigenvalue weighted by Crippen LogP contribution is 2.28. The molecule has 0 N–H and O–H groups in total. The molecule has 1 heterocycles. The third-order valence-electron chi connectivity index (χ3n) is 2.16. The topological polar surface area (TPSA) is 35.0 Å². The molecule has 0 saturated heterocycles. The zero-order valence-electron chi connectivity index (χ0n) is 9.59. The van der Waals surface area contributed by atoms with Gasteiger partial charge in [-0.2, -0.15) is 0 Å². The van der Waals surface area contributed by atoms with Crippen LogP contribution in [0.25, 0.3) is 0 Å². The van der Waals surface area contributed by atoms with Crippen molar-refractivity contribution >= 4 is 0 Å². The molecule has 0 unspecified atom stereocenters. The Balaban J connectivity index is 3.29. The third kappa shape index (κ3) is 2.03. The molecule has 1 aromatic rings. The molecule has 0 saturated carbocycles. The van der Waals surface area contributed by atoms with Crippen molar-refractivity contribution in [3.8, 4) is 5.88 Å². The van der Waals surface area contributed by atoms with Crippen molar-refractivity contribution in [2.24, 2.45) is 0 Å². The van der Waals surface area contributed by atoms with Crippen molar-refractivity contribution in [3.63, 3.8) is 0 Å². The SMILES string of the molecule is CCc1c(OC)ncnc1C(C)(C)C. The lowest BCUT2D eigenvalue weighted by Crippen LogP contribution is -2.17. The van der Waals surface area contributed by atoms with E-state index in [1.54, 1.807) is 13.4 Å². The average molecular weight is 194 g/mol. The number of aromatic nitrogens is 2. The van der Waals surface area contributed by atoms with Crippen molar-refractivity contribution in [2.45, 2.75) is 39.5 Å². The summed E-state index contributed by atoms with van der Waals surface area (Å²) in [5.41, 5.74) is 2.23.